The van der Waals surface area contributed by atoms with Crippen LogP contribution >= 0.6 is 11.6 Å². The molecule has 1 amide bonds. The maximum atomic E-state index is 12.4. The lowest BCUT2D eigenvalue weighted by atomic mass is 10.3. The highest BCUT2D eigenvalue weighted by Crippen LogP contribution is 2.23. The van der Waals surface area contributed by atoms with Crippen molar-refractivity contribution in [2.75, 3.05) is 18.0 Å². The second-order valence-corrected chi connectivity index (χ2v) is 8.39. The quantitative estimate of drug-likeness (QED) is 0.389. The minimum atomic E-state index is -3.70. The number of hydrogen-bond donors (Lipinski definition) is 1. The van der Waals surface area contributed by atoms with Gasteiger partial charge in [-0.2, -0.15) is 4.68 Å². The van der Waals surface area contributed by atoms with Crippen molar-refractivity contribution in [2.45, 2.75) is 30.7 Å². The summed E-state index contributed by atoms with van der Waals surface area (Å²) in [4.78, 5) is 23.5. The van der Waals surface area contributed by atoms with Gasteiger partial charge in [-0.15, -0.1) is 0 Å². The monoisotopic (exact) mass is 427 g/mol. The zero-order chi connectivity index (χ0) is 20.3. The Morgan fingerprint density at radius 1 is 1.29 bits per heavy atom. The van der Waals surface area contributed by atoms with Gasteiger partial charge < -0.3 is 15.0 Å². The third-order valence-corrected chi connectivity index (χ3v) is 6.00. The van der Waals surface area contributed by atoms with Crippen molar-refractivity contribution in [3.63, 3.8) is 0 Å². The lowest BCUT2D eigenvalue weighted by Gasteiger charge is -2.16. The summed E-state index contributed by atoms with van der Waals surface area (Å²) in [5, 5.41) is 14.4. The van der Waals surface area contributed by atoms with Gasteiger partial charge in [0.2, 0.25) is 15.9 Å². The highest BCUT2D eigenvalue weighted by molar-refractivity contribution is 7.89. The van der Waals surface area contributed by atoms with Gasteiger partial charge in [0.15, 0.2) is 5.02 Å². The smallest absolute Gasteiger partial charge is 0.358 e. The first-order valence-electron chi connectivity index (χ1n) is 8.55. The molecule has 1 saturated heterocycles. The van der Waals surface area contributed by atoms with Crippen LogP contribution in [-0.4, -0.2) is 42.1 Å². The molecule has 28 heavy (non-hydrogen) atoms. The van der Waals surface area contributed by atoms with E-state index >= 15 is 0 Å². The van der Waals surface area contributed by atoms with Gasteiger partial charge in [0.25, 0.3) is 0 Å². The van der Waals surface area contributed by atoms with Gasteiger partial charge >= 0.3 is 5.82 Å². The van der Waals surface area contributed by atoms with E-state index in [2.05, 4.69) is 9.82 Å². The van der Waals surface area contributed by atoms with E-state index in [9.17, 15) is 23.3 Å². The van der Waals surface area contributed by atoms with Crippen molar-refractivity contribution >= 4 is 39.0 Å². The van der Waals surface area contributed by atoms with E-state index in [1.54, 1.807) is 17.0 Å². The van der Waals surface area contributed by atoms with E-state index in [1.807, 2.05) is 0 Å². The van der Waals surface area contributed by atoms with Crippen LogP contribution in [0.25, 0.3) is 0 Å². The Bertz CT molecular complexity index is 989. The van der Waals surface area contributed by atoms with Gasteiger partial charge in [-0.05, 0) is 42.0 Å². The molecule has 0 bridgehead atoms. The molecule has 0 saturated carbocycles. The van der Waals surface area contributed by atoms with Crippen LogP contribution in [-0.2, 0) is 21.4 Å². The number of hydrogen-bond acceptors (Lipinski definition) is 6. The highest BCUT2D eigenvalue weighted by Gasteiger charge is 2.22. The number of nitro groups is 1. The first kappa shape index (κ1) is 20.2. The molecule has 0 atom stereocenters. The number of carbonyl (C=O) groups is 1. The topological polar surface area (TPSA) is 127 Å². The van der Waals surface area contributed by atoms with Gasteiger partial charge in [-0.3, -0.25) is 4.79 Å². The number of nitrogens with one attached hydrogen (secondary N) is 1. The Labute approximate surface area is 166 Å². The summed E-state index contributed by atoms with van der Waals surface area (Å²) in [7, 11) is -3.70. The van der Waals surface area contributed by atoms with Gasteiger partial charge in [-0.1, -0.05) is 11.6 Å². The summed E-state index contributed by atoms with van der Waals surface area (Å²) in [6.07, 6.45) is 3.00. The molecule has 0 radical (unpaired) electrons. The van der Waals surface area contributed by atoms with Crippen LogP contribution in [0.1, 0.15) is 19.3 Å². The molecule has 0 unspecified atom stereocenters. The zero-order valence-corrected chi connectivity index (χ0v) is 16.3. The molecular weight excluding hydrogens is 410 g/mol. The first-order chi connectivity index (χ1) is 13.3. The van der Waals surface area contributed by atoms with Crippen LogP contribution in [0.5, 0.6) is 0 Å². The van der Waals surface area contributed by atoms with Crippen LogP contribution in [0.2, 0.25) is 5.02 Å². The minimum Gasteiger partial charge on any atom is -0.358 e. The number of rotatable bonds is 8. The molecule has 0 aliphatic carbocycles. The second kappa shape index (κ2) is 8.25. The summed E-state index contributed by atoms with van der Waals surface area (Å²) >= 11 is 5.71. The molecule has 150 valence electrons. The SMILES string of the molecule is O=C1CCCN1c1ccc(S(=O)(=O)NCCCn2cc(Cl)c([N+](=O)[O-])n2)cc1. The lowest BCUT2D eigenvalue weighted by molar-refractivity contribution is -0.389. The Balaban J connectivity index is 1.54. The van der Waals surface area contributed by atoms with Crippen LogP contribution in [0.15, 0.2) is 35.4 Å². The van der Waals surface area contributed by atoms with E-state index < -0.39 is 20.8 Å². The number of halogens is 1. The standard InChI is InChI=1S/C16H18ClN5O5S/c17-14-11-20(19-16(14)22(24)25)9-2-8-18-28(26,27)13-6-4-12(5-7-13)21-10-1-3-15(21)23/h4-7,11,18H,1-3,8-10H2. The van der Waals surface area contributed by atoms with Gasteiger partial charge in [0.1, 0.15) is 0 Å². The molecule has 1 fully saturated rings. The molecule has 0 spiro atoms. The van der Waals surface area contributed by atoms with Crippen molar-refractivity contribution in [3.8, 4) is 0 Å². The predicted octanol–water partition coefficient (Wildman–Crippen LogP) is 1.94. The number of aryl methyl sites for hydroxylation is 1. The van der Waals surface area contributed by atoms with E-state index in [0.29, 0.717) is 25.1 Å². The van der Waals surface area contributed by atoms with Crippen LogP contribution < -0.4 is 9.62 Å². The van der Waals surface area contributed by atoms with Crippen LogP contribution in [0, 0.1) is 10.1 Å². The number of amides is 1. The molecule has 12 heteroatoms. The summed E-state index contributed by atoms with van der Waals surface area (Å²) in [6.45, 7) is 1.03. The summed E-state index contributed by atoms with van der Waals surface area (Å²) in [6, 6.07) is 6.14. The molecular formula is C16H18ClN5O5S. The van der Waals surface area contributed by atoms with Crippen LogP contribution in [0.4, 0.5) is 11.5 Å². The van der Waals surface area contributed by atoms with Gasteiger partial charge in [0, 0.05) is 25.2 Å². The third-order valence-electron chi connectivity index (χ3n) is 4.26. The number of sulfonamides is 1. The lowest BCUT2D eigenvalue weighted by Crippen LogP contribution is -2.26. The summed E-state index contributed by atoms with van der Waals surface area (Å²) in [5.74, 6) is -0.397. The first-order valence-corrected chi connectivity index (χ1v) is 10.4. The average molecular weight is 428 g/mol. The van der Waals surface area contributed by atoms with Crippen molar-refractivity contribution in [3.05, 3.63) is 45.6 Å². The molecule has 1 aliphatic rings. The Morgan fingerprint density at radius 2 is 2.00 bits per heavy atom. The molecule has 1 aliphatic heterocycles. The van der Waals surface area contributed by atoms with Crippen molar-refractivity contribution in [2.24, 2.45) is 0 Å². The molecule has 3 rings (SSSR count). The number of carbonyl (C=O) groups excluding carboxylic acids is 1. The van der Waals surface area contributed by atoms with E-state index in [1.165, 1.54) is 23.0 Å². The Morgan fingerprint density at radius 3 is 2.57 bits per heavy atom. The zero-order valence-electron chi connectivity index (χ0n) is 14.7. The van der Waals surface area contributed by atoms with Crippen molar-refractivity contribution in [1.82, 2.24) is 14.5 Å². The van der Waals surface area contributed by atoms with Crippen molar-refractivity contribution in [1.29, 1.82) is 0 Å². The molecule has 10 nitrogen and oxygen atoms in total. The third kappa shape index (κ3) is 4.49. The Hall–Kier alpha value is -2.50. The minimum absolute atomic E-state index is 0.0349. The van der Waals surface area contributed by atoms with Gasteiger partial charge in [0.05, 0.1) is 22.7 Å². The second-order valence-electron chi connectivity index (χ2n) is 6.21. The van der Waals surface area contributed by atoms with E-state index in [-0.39, 0.29) is 28.9 Å². The highest BCUT2D eigenvalue weighted by atomic mass is 35.5. The number of anilines is 1. The fourth-order valence-electron chi connectivity index (χ4n) is 2.88. The van der Waals surface area contributed by atoms with Gasteiger partial charge in [-0.25, -0.2) is 13.1 Å². The number of benzene rings is 1. The molecule has 1 aromatic carbocycles. The Kier molecular flexibility index (Phi) is 5.96. The predicted molar refractivity (Wildman–Crippen MR) is 102 cm³/mol. The van der Waals surface area contributed by atoms with Crippen LogP contribution in [0.3, 0.4) is 0 Å². The normalized spacial score (nSPS) is 14.6. The summed E-state index contributed by atoms with van der Waals surface area (Å²) in [5.41, 5.74) is 0.679. The molecule has 2 heterocycles. The van der Waals surface area contributed by atoms with E-state index in [4.69, 9.17) is 11.6 Å². The number of nitrogens with zero attached hydrogens (tertiary/aromatic N) is 4. The maximum Gasteiger partial charge on any atom is 0.408 e. The van der Waals surface area contributed by atoms with E-state index in [0.717, 1.165) is 6.42 Å². The summed E-state index contributed by atoms with van der Waals surface area (Å²) < 4.78 is 28.5. The largest absolute Gasteiger partial charge is 0.408 e. The molecule has 1 aromatic heterocycles. The average Bonchev–Trinajstić information content (AvgIpc) is 3.24. The fraction of sp³-hybridized carbons (Fsp3) is 0.375. The number of aromatic nitrogens is 2. The molecule has 1 N–H and O–H groups in total. The van der Waals surface area contributed by atoms with Crippen molar-refractivity contribution < 1.29 is 18.1 Å². The molecule has 2 aromatic rings. The maximum absolute atomic E-state index is 12.4. The fourth-order valence-corrected chi connectivity index (χ4v) is 4.18.